The molecule has 0 radical (unpaired) electrons. The number of hydrogen-bond donors (Lipinski definition) is 2. The van der Waals surface area contributed by atoms with E-state index in [0.29, 0.717) is 11.3 Å². The lowest BCUT2D eigenvalue weighted by molar-refractivity contribution is -0.137. The van der Waals surface area contributed by atoms with Gasteiger partial charge in [0.2, 0.25) is 0 Å². The SMILES string of the molecule is CCC(=O)c1ncnc(C(=O)C[C@H](C)c2cc(-c3nc4ccc(C(F)(F)F)cc4[nH]3)no2)c1O. The van der Waals surface area contributed by atoms with Gasteiger partial charge in [-0.2, -0.15) is 13.2 Å². The zero-order valence-corrected chi connectivity index (χ0v) is 18.0. The maximum absolute atomic E-state index is 12.9. The largest absolute Gasteiger partial charge is 0.504 e. The van der Waals surface area contributed by atoms with Crippen molar-refractivity contribution >= 4 is 22.6 Å². The van der Waals surface area contributed by atoms with Crippen molar-refractivity contribution in [1.29, 1.82) is 0 Å². The second-order valence-electron chi connectivity index (χ2n) is 7.65. The standard InChI is InChI=1S/C22H18F3N5O4/c1-3-15(31)18-20(33)19(27-9-26-18)16(32)6-10(2)17-8-14(30-34-17)21-28-12-5-4-11(22(23,24)25)7-13(12)29-21/h4-5,7-10,33H,3,6H2,1-2H3,(H,28,29)/t10-/m0/s1. The highest BCUT2D eigenvalue weighted by molar-refractivity contribution is 6.03. The summed E-state index contributed by atoms with van der Waals surface area (Å²) >= 11 is 0. The lowest BCUT2D eigenvalue weighted by Crippen LogP contribution is -2.11. The van der Waals surface area contributed by atoms with E-state index in [0.717, 1.165) is 18.5 Å². The topological polar surface area (TPSA) is 135 Å². The minimum atomic E-state index is -4.48. The summed E-state index contributed by atoms with van der Waals surface area (Å²) in [5, 5.41) is 14.1. The second kappa shape index (κ2) is 8.69. The zero-order chi connectivity index (χ0) is 24.6. The fourth-order valence-electron chi connectivity index (χ4n) is 3.37. The van der Waals surface area contributed by atoms with Crippen molar-refractivity contribution in [2.45, 2.75) is 38.8 Å². The van der Waals surface area contributed by atoms with Crippen LogP contribution >= 0.6 is 0 Å². The Kier molecular flexibility index (Phi) is 5.90. The van der Waals surface area contributed by atoms with Gasteiger partial charge in [0.25, 0.3) is 0 Å². The summed E-state index contributed by atoms with van der Waals surface area (Å²) < 4.78 is 44.1. The number of aromatic amines is 1. The van der Waals surface area contributed by atoms with Crippen LogP contribution in [0.15, 0.2) is 35.1 Å². The van der Waals surface area contributed by atoms with Gasteiger partial charge in [-0.15, -0.1) is 0 Å². The van der Waals surface area contributed by atoms with Gasteiger partial charge < -0.3 is 14.6 Å². The van der Waals surface area contributed by atoms with E-state index in [1.807, 2.05) is 0 Å². The third-order valence-electron chi connectivity index (χ3n) is 5.23. The Morgan fingerprint density at radius 3 is 2.53 bits per heavy atom. The predicted octanol–water partition coefficient (Wildman–Crippen LogP) is 4.70. The van der Waals surface area contributed by atoms with E-state index in [1.54, 1.807) is 13.8 Å². The van der Waals surface area contributed by atoms with Gasteiger partial charge in [0, 0.05) is 24.8 Å². The first-order valence-corrected chi connectivity index (χ1v) is 10.2. The molecule has 3 heterocycles. The Morgan fingerprint density at radius 1 is 1.15 bits per heavy atom. The number of nitrogens with one attached hydrogen (secondary N) is 1. The van der Waals surface area contributed by atoms with Crippen molar-refractivity contribution < 1.29 is 32.4 Å². The molecule has 0 saturated heterocycles. The molecule has 12 heteroatoms. The molecule has 4 aromatic rings. The molecule has 9 nitrogen and oxygen atoms in total. The minimum Gasteiger partial charge on any atom is -0.504 e. The highest BCUT2D eigenvalue weighted by Crippen LogP contribution is 2.32. The fourth-order valence-corrected chi connectivity index (χ4v) is 3.37. The van der Waals surface area contributed by atoms with Gasteiger partial charge in [0.1, 0.15) is 17.8 Å². The molecule has 1 aromatic carbocycles. The van der Waals surface area contributed by atoms with E-state index < -0.39 is 35.0 Å². The minimum absolute atomic E-state index is 0.106. The highest BCUT2D eigenvalue weighted by atomic mass is 19.4. The van der Waals surface area contributed by atoms with Crippen molar-refractivity contribution in [3.05, 3.63) is 53.3 Å². The Balaban J connectivity index is 1.53. The van der Waals surface area contributed by atoms with Crippen LogP contribution in [0.3, 0.4) is 0 Å². The molecule has 0 aliphatic carbocycles. The van der Waals surface area contributed by atoms with Crippen LogP contribution in [-0.2, 0) is 6.18 Å². The van der Waals surface area contributed by atoms with Gasteiger partial charge >= 0.3 is 6.18 Å². The lowest BCUT2D eigenvalue weighted by Gasteiger charge is -2.08. The second-order valence-corrected chi connectivity index (χ2v) is 7.65. The molecular formula is C22H18F3N5O4. The summed E-state index contributed by atoms with van der Waals surface area (Å²) in [6, 6.07) is 4.68. The average Bonchev–Trinajstić information content (AvgIpc) is 3.44. The van der Waals surface area contributed by atoms with Crippen LogP contribution < -0.4 is 0 Å². The number of nitrogens with zero attached hydrogens (tertiary/aromatic N) is 4. The average molecular weight is 473 g/mol. The Bertz CT molecular complexity index is 1390. The third kappa shape index (κ3) is 4.38. The van der Waals surface area contributed by atoms with E-state index in [-0.39, 0.29) is 41.3 Å². The number of benzene rings is 1. The van der Waals surface area contributed by atoms with E-state index in [2.05, 4.69) is 25.1 Å². The van der Waals surface area contributed by atoms with Crippen LogP contribution in [0.1, 0.15) is 64.9 Å². The van der Waals surface area contributed by atoms with Gasteiger partial charge in [-0.3, -0.25) is 9.59 Å². The third-order valence-corrected chi connectivity index (χ3v) is 5.23. The number of carbonyl (C=O) groups excluding carboxylic acids is 2. The van der Waals surface area contributed by atoms with Gasteiger partial charge in [0.15, 0.2) is 34.5 Å². The summed E-state index contributed by atoms with van der Waals surface area (Å²) in [6.07, 6.45) is -3.45. The number of carbonyl (C=O) groups is 2. The van der Waals surface area contributed by atoms with E-state index in [9.17, 15) is 27.9 Å². The number of rotatable bonds is 7. The number of halogens is 3. The molecular weight excluding hydrogens is 455 g/mol. The molecule has 0 aliphatic rings. The Morgan fingerprint density at radius 2 is 1.85 bits per heavy atom. The first-order chi connectivity index (χ1) is 16.1. The van der Waals surface area contributed by atoms with E-state index in [4.69, 9.17) is 4.52 Å². The summed E-state index contributed by atoms with van der Waals surface area (Å²) in [5.41, 5.74) is -0.522. The number of Topliss-reactive ketones (excluding diaryl/α,β-unsaturated/α-hetero) is 2. The van der Waals surface area contributed by atoms with Crippen molar-refractivity contribution in [2.75, 3.05) is 0 Å². The van der Waals surface area contributed by atoms with Gasteiger partial charge in [-0.1, -0.05) is 19.0 Å². The normalized spacial score (nSPS) is 12.7. The van der Waals surface area contributed by atoms with Crippen LogP contribution in [0, 0.1) is 0 Å². The number of fused-ring (bicyclic) bond motifs is 1. The molecule has 2 N–H and O–H groups in total. The first-order valence-electron chi connectivity index (χ1n) is 10.2. The number of hydrogen-bond acceptors (Lipinski definition) is 8. The smallest absolute Gasteiger partial charge is 0.416 e. The van der Waals surface area contributed by atoms with Crippen molar-refractivity contribution in [1.82, 2.24) is 25.1 Å². The van der Waals surface area contributed by atoms with Crippen LogP contribution in [0.5, 0.6) is 5.75 Å². The van der Waals surface area contributed by atoms with Crippen LogP contribution in [0.4, 0.5) is 13.2 Å². The molecule has 0 unspecified atom stereocenters. The Hall–Kier alpha value is -4.09. The maximum atomic E-state index is 12.9. The number of H-pyrrole nitrogens is 1. The monoisotopic (exact) mass is 473 g/mol. The van der Waals surface area contributed by atoms with Crippen molar-refractivity contribution in [3.8, 4) is 17.3 Å². The number of aromatic nitrogens is 5. The fraction of sp³-hybridized carbons (Fsp3) is 0.273. The van der Waals surface area contributed by atoms with Gasteiger partial charge in [0.05, 0.1) is 16.6 Å². The molecule has 0 spiro atoms. The van der Waals surface area contributed by atoms with Crippen LogP contribution in [0.25, 0.3) is 22.6 Å². The molecule has 176 valence electrons. The zero-order valence-electron chi connectivity index (χ0n) is 18.0. The molecule has 0 saturated carbocycles. The van der Waals surface area contributed by atoms with Crippen LogP contribution in [-0.4, -0.2) is 41.8 Å². The number of ketones is 2. The summed E-state index contributed by atoms with van der Waals surface area (Å²) in [4.78, 5) is 39.1. The van der Waals surface area contributed by atoms with E-state index >= 15 is 0 Å². The molecule has 0 bridgehead atoms. The quantitative estimate of drug-likeness (QED) is 0.369. The lowest BCUT2D eigenvalue weighted by atomic mass is 9.99. The molecule has 3 aromatic heterocycles. The number of aromatic hydroxyl groups is 1. The number of imidazole rings is 1. The Labute approximate surface area is 190 Å². The molecule has 0 fully saturated rings. The van der Waals surface area contributed by atoms with Crippen molar-refractivity contribution in [3.63, 3.8) is 0 Å². The number of alkyl halides is 3. The predicted molar refractivity (Wildman–Crippen MR) is 112 cm³/mol. The molecule has 4 rings (SSSR count). The molecule has 34 heavy (non-hydrogen) atoms. The first kappa shape index (κ1) is 23.1. The molecule has 0 aliphatic heterocycles. The maximum Gasteiger partial charge on any atom is 0.416 e. The molecule has 0 amide bonds. The van der Waals surface area contributed by atoms with Crippen molar-refractivity contribution in [2.24, 2.45) is 0 Å². The highest BCUT2D eigenvalue weighted by Gasteiger charge is 2.31. The van der Waals surface area contributed by atoms with Crippen LogP contribution in [0.2, 0.25) is 0 Å². The summed E-state index contributed by atoms with van der Waals surface area (Å²) in [5.74, 6) is -1.48. The summed E-state index contributed by atoms with van der Waals surface area (Å²) in [6.45, 7) is 3.29. The molecule has 1 atom stereocenters. The summed E-state index contributed by atoms with van der Waals surface area (Å²) in [7, 11) is 0. The van der Waals surface area contributed by atoms with Gasteiger partial charge in [-0.05, 0) is 18.2 Å². The van der Waals surface area contributed by atoms with E-state index in [1.165, 1.54) is 12.1 Å². The van der Waals surface area contributed by atoms with Gasteiger partial charge in [-0.25, -0.2) is 15.0 Å².